The summed E-state index contributed by atoms with van der Waals surface area (Å²) in [5.41, 5.74) is 2.47. The molecule has 0 N–H and O–H groups in total. The Balaban J connectivity index is 2.94. The molecule has 0 saturated carbocycles. The second-order valence-electron chi connectivity index (χ2n) is 3.17. The van der Waals surface area contributed by atoms with Crippen molar-refractivity contribution in [2.75, 3.05) is 0 Å². The molecular weight excluding hydrogens is 214 g/mol. The molecule has 0 aliphatic rings. The normalized spacial score (nSPS) is 15.7. The van der Waals surface area contributed by atoms with Gasteiger partial charge in [-0.15, -0.1) is 0 Å². The molecule has 66 valence electrons. The Labute approximate surface area is 82.3 Å². The Bertz CT molecular complexity index is 258. The van der Waals surface area contributed by atoms with E-state index in [1.165, 1.54) is 11.3 Å². The average molecular weight is 228 g/mol. The van der Waals surface area contributed by atoms with Crippen molar-refractivity contribution in [2.24, 2.45) is 0 Å². The van der Waals surface area contributed by atoms with Crippen molar-refractivity contribution in [3.05, 3.63) is 29.6 Å². The summed E-state index contributed by atoms with van der Waals surface area (Å²) < 4.78 is 0. The van der Waals surface area contributed by atoms with E-state index in [2.05, 4.69) is 47.8 Å². The Morgan fingerprint density at radius 1 is 1.42 bits per heavy atom. The number of hydrogen-bond donors (Lipinski definition) is 0. The topological polar surface area (TPSA) is 12.9 Å². The van der Waals surface area contributed by atoms with Gasteiger partial charge >= 0.3 is 0 Å². The second kappa shape index (κ2) is 4.04. The van der Waals surface area contributed by atoms with Gasteiger partial charge in [0.2, 0.25) is 0 Å². The summed E-state index contributed by atoms with van der Waals surface area (Å²) in [6.45, 7) is 6.45. The number of hydrogen-bond acceptors (Lipinski definition) is 1. The molecule has 0 aromatic carbocycles. The summed E-state index contributed by atoms with van der Waals surface area (Å²) in [4.78, 5) is 4.85. The number of aryl methyl sites for hydroxylation is 1. The van der Waals surface area contributed by atoms with E-state index in [0.29, 0.717) is 10.7 Å². The Hall–Kier alpha value is -0.370. The molecule has 0 amide bonds. The third-order valence-electron chi connectivity index (χ3n) is 2.17. The Kier molecular flexibility index (Phi) is 3.27. The zero-order valence-corrected chi connectivity index (χ0v) is 9.30. The van der Waals surface area contributed by atoms with Crippen LogP contribution in [0, 0.1) is 6.92 Å². The maximum absolute atomic E-state index is 4.37. The van der Waals surface area contributed by atoms with E-state index in [-0.39, 0.29) is 0 Å². The van der Waals surface area contributed by atoms with Gasteiger partial charge in [-0.2, -0.15) is 0 Å². The van der Waals surface area contributed by atoms with Crippen molar-refractivity contribution in [3.63, 3.8) is 0 Å². The third kappa shape index (κ3) is 2.07. The van der Waals surface area contributed by atoms with Gasteiger partial charge in [0.1, 0.15) is 0 Å². The zero-order valence-electron chi connectivity index (χ0n) is 7.71. The van der Waals surface area contributed by atoms with Gasteiger partial charge in [0.05, 0.1) is 0 Å². The van der Waals surface area contributed by atoms with Gasteiger partial charge in [-0.1, -0.05) is 35.8 Å². The summed E-state index contributed by atoms with van der Waals surface area (Å²) in [7, 11) is 0. The van der Waals surface area contributed by atoms with Crippen LogP contribution in [0.5, 0.6) is 0 Å². The molecule has 0 bridgehead atoms. The molecule has 1 aromatic rings. The zero-order chi connectivity index (χ0) is 9.14. The molecule has 1 heterocycles. The Morgan fingerprint density at radius 2 is 2.08 bits per heavy atom. The maximum Gasteiger partial charge on any atom is 0.0471 e. The van der Waals surface area contributed by atoms with Gasteiger partial charge in [0, 0.05) is 22.6 Å². The minimum absolute atomic E-state index is 0.478. The quantitative estimate of drug-likeness (QED) is 0.708. The van der Waals surface area contributed by atoms with Crippen molar-refractivity contribution < 1.29 is 0 Å². The van der Waals surface area contributed by atoms with Crippen molar-refractivity contribution >= 4 is 15.9 Å². The number of halogens is 1. The van der Waals surface area contributed by atoms with E-state index >= 15 is 0 Å². The van der Waals surface area contributed by atoms with Gasteiger partial charge in [-0.05, 0) is 18.6 Å². The molecule has 2 unspecified atom stereocenters. The summed E-state index contributed by atoms with van der Waals surface area (Å²) in [5, 5.41) is 0. The first-order valence-corrected chi connectivity index (χ1v) is 5.10. The van der Waals surface area contributed by atoms with Gasteiger partial charge in [-0.3, -0.25) is 4.98 Å². The van der Waals surface area contributed by atoms with Crippen molar-refractivity contribution in [1.82, 2.24) is 4.98 Å². The molecule has 0 aliphatic carbocycles. The highest BCUT2D eigenvalue weighted by atomic mass is 79.9. The molecule has 1 nitrogen and oxygen atoms in total. The summed E-state index contributed by atoms with van der Waals surface area (Å²) in [5.74, 6) is 0.478. The molecule has 1 rings (SSSR count). The van der Waals surface area contributed by atoms with E-state index in [4.69, 9.17) is 0 Å². The average Bonchev–Trinajstić information content (AvgIpc) is 2.04. The molecule has 1 aromatic heterocycles. The lowest BCUT2D eigenvalue weighted by molar-refractivity contribution is 0.726. The fourth-order valence-electron chi connectivity index (χ4n) is 1.19. The first-order chi connectivity index (χ1) is 5.63. The van der Waals surface area contributed by atoms with E-state index in [1.54, 1.807) is 0 Å². The van der Waals surface area contributed by atoms with Crippen LogP contribution in [0.2, 0.25) is 0 Å². The van der Waals surface area contributed by atoms with Crippen LogP contribution in [0.25, 0.3) is 0 Å². The molecule has 0 fully saturated rings. The van der Waals surface area contributed by atoms with Crippen LogP contribution in [-0.2, 0) is 0 Å². The van der Waals surface area contributed by atoms with Crippen LogP contribution in [0.3, 0.4) is 0 Å². The number of aromatic nitrogens is 1. The molecule has 2 heteroatoms. The molecular formula is C10H14BrN. The summed E-state index contributed by atoms with van der Waals surface area (Å²) >= 11 is 3.57. The van der Waals surface area contributed by atoms with Crippen LogP contribution < -0.4 is 0 Å². The predicted molar refractivity (Wildman–Crippen MR) is 55.8 cm³/mol. The van der Waals surface area contributed by atoms with Crippen LogP contribution in [0.15, 0.2) is 18.3 Å². The van der Waals surface area contributed by atoms with Crippen LogP contribution >= 0.6 is 15.9 Å². The molecule has 2 atom stereocenters. The van der Waals surface area contributed by atoms with Crippen molar-refractivity contribution in [2.45, 2.75) is 31.5 Å². The molecule has 0 aliphatic heterocycles. The van der Waals surface area contributed by atoms with Crippen molar-refractivity contribution in [1.29, 1.82) is 0 Å². The van der Waals surface area contributed by atoms with Gasteiger partial charge in [0.25, 0.3) is 0 Å². The molecule has 0 spiro atoms. The van der Waals surface area contributed by atoms with Crippen LogP contribution in [-0.4, -0.2) is 9.81 Å². The Morgan fingerprint density at radius 3 is 2.58 bits per heavy atom. The highest BCUT2D eigenvalue weighted by Gasteiger charge is 2.13. The van der Waals surface area contributed by atoms with E-state index in [1.807, 2.05) is 12.3 Å². The van der Waals surface area contributed by atoms with Crippen LogP contribution in [0.1, 0.15) is 31.0 Å². The van der Waals surface area contributed by atoms with Gasteiger partial charge in [0.15, 0.2) is 0 Å². The van der Waals surface area contributed by atoms with E-state index < -0.39 is 0 Å². The van der Waals surface area contributed by atoms with Gasteiger partial charge in [-0.25, -0.2) is 0 Å². The lowest BCUT2D eigenvalue weighted by Gasteiger charge is -2.15. The first kappa shape index (κ1) is 9.72. The monoisotopic (exact) mass is 227 g/mol. The standard InChI is InChI=1S/C10H14BrN/c1-7-5-4-6-12-10(7)8(2)9(3)11/h4-6,8-9H,1-3H3. The van der Waals surface area contributed by atoms with E-state index in [9.17, 15) is 0 Å². The predicted octanol–water partition coefficient (Wildman–Crippen LogP) is 3.28. The maximum atomic E-state index is 4.37. The summed E-state index contributed by atoms with van der Waals surface area (Å²) in [6, 6.07) is 4.08. The number of alkyl halides is 1. The van der Waals surface area contributed by atoms with E-state index in [0.717, 1.165) is 0 Å². The molecule has 0 saturated heterocycles. The molecule has 0 radical (unpaired) electrons. The lowest BCUT2D eigenvalue weighted by Crippen LogP contribution is -2.08. The largest absolute Gasteiger partial charge is 0.261 e. The highest BCUT2D eigenvalue weighted by Crippen LogP contribution is 2.24. The fraction of sp³-hybridized carbons (Fsp3) is 0.500. The fourth-order valence-corrected chi connectivity index (χ4v) is 1.44. The van der Waals surface area contributed by atoms with Crippen LogP contribution in [0.4, 0.5) is 0 Å². The molecule has 12 heavy (non-hydrogen) atoms. The third-order valence-corrected chi connectivity index (χ3v) is 2.96. The SMILES string of the molecule is Cc1cccnc1C(C)C(C)Br. The smallest absolute Gasteiger partial charge is 0.0471 e. The number of pyridine rings is 1. The summed E-state index contributed by atoms with van der Waals surface area (Å²) in [6.07, 6.45) is 1.86. The highest BCUT2D eigenvalue weighted by molar-refractivity contribution is 9.09. The van der Waals surface area contributed by atoms with Gasteiger partial charge < -0.3 is 0 Å². The van der Waals surface area contributed by atoms with Crippen molar-refractivity contribution in [3.8, 4) is 0 Å². The minimum Gasteiger partial charge on any atom is -0.261 e. The number of nitrogens with zero attached hydrogens (tertiary/aromatic N) is 1. The lowest BCUT2D eigenvalue weighted by atomic mass is 10.0. The number of rotatable bonds is 2. The minimum atomic E-state index is 0.478. The first-order valence-electron chi connectivity index (χ1n) is 4.18. The second-order valence-corrected chi connectivity index (χ2v) is 4.62.